The van der Waals surface area contributed by atoms with E-state index in [-0.39, 0.29) is 5.91 Å². The van der Waals surface area contributed by atoms with Gasteiger partial charge in [-0.05, 0) is 42.8 Å². The van der Waals surface area contributed by atoms with Gasteiger partial charge in [0.2, 0.25) is 0 Å². The second-order valence-electron chi connectivity index (χ2n) is 4.91. The maximum atomic E-state index is 12.3. The molecule has 5 nitrogen and oxygen atoms in total. The zero-order valence-corrected chi connectivity index (χ0v) is 13.6. The summed E-state index contributed by atoms with van der Waals surface area (Å²) >= 11 is 1.43. The standard InChI is InChI=1S/C17H15N3O2S/c1-11-9-18-8-7-14(11)19-16(21)15-10-23-17(20-15)12-3-5-13(22-2)6-4-12/h3-10H,1-2H3,(H,18,19,21). The summed E-state index contributed by atoms with van der Waals surface area (Å²) in [6.45, 7) is 1.90. The SMILES string of the molecule is COc1ccc(-c2nc(C(=O)Nc3ccncc3C)cs2)cc1. The number of thiazole rings is 1. The molecule has 116 valence electrons. The lowest BCUT2D eigenvalue weighted by Gasteiger charge is -2.05. The maximum absolute atomic E-state index is 12.3. The van der Waals surface area contributed by atoms with Gasteiger partial charge in [-0.15, -0.1) is 11.3 Å². The second-order valence-corrected chi connectivity index (χ2v) is 5.77. The zero-order chi connectivity index (χ0) is 16.2. The highest BCUT2D eigenvalue weighted by atomic mass is 32.1. The van der Waals surface area contributed by atoms with Gasteiger partial charge in [0.1, 0.15) is 16.5 Å². The molecule has 1 aromatic carbocycles. The molecule has 3 aromatic rings. The Hall–Kier alpha value is -2.73. The number of nitrogens with zero attached hydrogens (tertiary/aromatic N) is 2. The number of hydrogen-bond donors (Lipinski definition) is 1. The van der Waals surface area contributed by atoms with Crippen LogP contribution in [0.5, 0.6) is 5.75 Å². The van der Waals surface area contributed by atoms with Crippen LogP contribution in [0.3, 0.4) is 0 Å². The maximum Gasteiger partial charge on any atom is 0.275 e. The monoisotopic (exact) mass is 325 g/mol. The van der Waals surface area contributed by atoms with Gasteiger partial charge < -0.3 is 10.1 Å². The van der Waals surface area contributed by atoms with Crippen molar-refractivity contribution in [3.05, 3.63) is 59.4 Å². The van der Waals surface area contributed by atoms with E-state index in [1.54, 1.807) is 30.9 Å². The second kappa shape index (κ2) is 6.58. The largest absolute Gasteiger partial charge is 0.497 e. The van der Waals surface area contributed by atoms with E-state index in [0.717, 1.165) is 27.6 Å². The third kappa shape index (κ3) is 3.37. The van der Waals surface area contributed by atoms with E-state index in [0.29, 0.717) is 5.69 Å². The van der Waals surface area contributed by atoms with Crippen LogP contribution in [0.1, 0.15) is 16.1 Å². The first-order valence-corrected chi connectivity index (χ1v) is 7.87. The molecular weight excluding hydrogens is 310 g/mol. The fraction of sp³-hybridized carbons (Fsp3) is 0.118. The third-order valence-corrected chi connectivity index (χ3v) is 4.23. The normalized spacial score (nSPS) is 10.3. The molecule has 0 aliphatic carbocycles. The number of pyridine rings is 1. The Morgan fingerprint density at radius 1 is 1.22 bits per heavy atom. The first kappa shape index (κ1) is 15.2. The van der Waals surface area contributed by atoms with Gasteiger partial charge in [0.05, 0.1) is 7.11 Å². The molecule has 0 atom stereocenters. The van der Waals surface area contributed by atoms with Gasteiger partial charge in [-0.2, -0.15) is 0 Å². The van der Waals surface area contributed by atoms with Crippen molar-refractivity contribution in [2.24, 2.45) is 0 Å². The van der Waals surface area contributed by atoms with E-state index in [1.165, 1.54) is 11.3 Å². The van der Waals surface area contributed by atoms with Crippen LogP contribution in [0.4, 0.5) is 5.69 Å². The summed E-state index contributed by atoms with van der Waals surface area (Å²) in [4.78, 5) is 20.7. The van der Waals surface area contributed by atoms with Crippen molar-refractivity contribution in [2.75, 3.05) is 12.4 Å². The van der Waals surface area contributed by atoms with Gasteiger partial charge in [0.15, 0.2) is 0 Å². The quantitative estimate of drug-likeness (QED) is 0.793. The van der Waals surface area contributed by atoms with E-state index < -0.39 is 0 Å². The molecule has 0 radical (unpaired) electrons. The number of aromatic nitrogens is 2. The lowest BCUT2D eigenvalue weighted by atomic mass is 10.2. The molecule has 2 aromatic heterocycles. The molecule has 0 bridgehead atoms. The van der Waals surface area contributed by atoms with Crippen molar-refractivity contribution in [1.29, 1.82) is 0 Å². The molecule has 1 N–H and O–H groups in total. The molecule has 2 heterocycles. The number of carbonyl (C=O) groups excluding carboxylic acids is 1. The molecule has 0 spiro atoms. The molecule has 23 heavy (non-hydrogen) atoms. The molecular formula is C17H15N3O2S. The Labute approximate surface area is 138 Å². The van der Waals surface area contributed by atoms with E-state index in [4.69, 9.17) is 4.74 Å². The van der Waals surface area contributed by atoms with Crippen molar-refractivity contribution in [3.8, 4) is 16.3 Å². The molecule has 0 saturated heterocycles. The first-order chi connectivity index (χ1) is 11.2. The lowest BCUT2D eigenvalue weighted by Crippen LogP contribution is -2.13. The molecule has 1 amide bonds. The first-order valence-electron chi connectivity index (χ1n) is 6.99. The number of hydrogen-bond acceptors (Lipinski definition) is 5. The molecule has 0 unspecified atom stereocenters. The van der Waals surface area contributed by atoms with Gasteiger partial charge in [0, 0.05) is 29.0 Å². The Bertz CT molecular complexity index is 828. The van der Waals surface area contributed by atoms with Crippen LogP contribution in [-0.4, -0.2) is 23.0 Å². The Morgan fingerprint density at radius 3 is 2.70 bits per heavy atom. The predicted molar refractivity (Wildman–Crippen MR) is 91.0 cm³/mol. The summed E-state index contributed by atoms with van der Waals surface area (Å²) in [5.41, 5.74) is 3.00. The van der Waals surface area contributed by atoms with Crippen LogP contribution < -0.4 is 10.1 Å². The van der Waals surface area contributed by atoms with E-state index >= 15 is 0 Å². The minimum atomic E-state index is -0.227. The predicted octanol–water partition coefficient (Wildman–Crippen LogP) is 3.77. The van der Waals surface area contributed by atoms with Crippen LogP contribution in [0.15, 0.2) is 48.1 Å². The lowest BCUT2D eigenvalue weighted by molar-refractivity contribution is 0.102. The Balaban J connectivity index is 1.78. The number of rotatable bonds is 4. The highest BCUT2D eigenvalue weighted by molar-refractivity contribution is 7.13. The van der Waals surface area contributed by atoms with Crippen LogP contribution in [-0.2, 0) is 0 Å². The fourth-order valence-corrected chi connectivity index (χ4v) is 2.85. The summed E-state index contributed by atoms with van der Waals surface area (Å²) in [6, 6.07) is 9.36. The molecule has 3 rings (SSSR count). The van der Waals surface area contributed by atoms with Gasteiger partial charge >= 0.3 is 0 Å². The van der Waals surface area contributed by atoms with E-state index in [1.807, 2.05) is 31.2 Å². The van der Waals surface area contributed by atoms with Gasteiger partial charge in [-0.1, -0.05) is 0 Å². The minimum absolute atomic E-state index is 0.227. The van der Waals surface area contributed by atoms with Crippen molar-refractivity contribution in [2.45, 2.75) is 6.92 Å². The number of carbonyl (C=O) groups is 1. The van der Waals surface area contributed by atoms with E-state index in [9.17, 15) is 4.79 Å². The average molecular weight is 325 g/mol. The number of amides is 1. The van der Waals surface area contributed by atoms with Crippen LogP contribution in [0.25, 0.3) is 10.6 Å². The Morgan fingerprint density at radius 2 is 2.00 bits per heavy atom. The van der Waals surface area contributed by atoms with Gasteiger partial charge in [-0.3, -0.25) is 9.78 Å². The minimum Gasteiger partial charge on any atom is -0.497 e. The van der Waals surface area contributed by atoms with Crippen LogP contribution in [0, 0.1) is 6.92 Å². The number of benzene rings is 1. The molecule has 0 fully saturated rings. The summed E-state index contributed by atoms with van der Waals surface area (Å²) in [5.74, 6) is 0.562. The number of methoxy groups -OCH3 is 1. The van der Waals surface area contributed by atoms with Crippen LogP contribution in [0.2, 0.25) is 0 Å². The van der Waals surface area contributed by atoms with Gasteiger partial charge in [-0.25, -0.2) is 4.98 Å². The zero-order valence-electron chi connectivity index (χ0n) is 12.7. The third-order valence-electron chi connectivity index (χ3n) is 3.34. The van der Waals surface area contributed by atoms with Crippen molar-refractivity contribution in [1.82, 2.24) is 9.97 Å². The van der Waals surface area contributed by atoms with Crippen molar-refractivity contribution >= 4 is 22.9 Å². The molecule has 0 aliphatic heterocycles. The van der Waals surface area contributed by atoms with E-state index in [2.05, 4.69) is 15.3 Å². The highest BCUT2D eigenvalue weighted by Gasteiger charge is 2.13. The highest BCUT2D eigenvalue weighted by Crippen LogP contribution is 2.26. The summed E-state index contributed by atoms with van der Waals surface area (Å²) in [6.07, 6.45) is 3.35. The molecule has 0 saturated carbocycles. The molecule has 0 aliphatic rings. The number of anilines is 1. The summed E-state index contributed by atoms with van der Waals surface area (Å²) in [5, 5.41) is 5.41. The van der Waals surface area contributed by atoms with Crippen LogP contribution >= 0.6 is 11.3 Å². The number of aryl methyl sites for hydroxylation is 1. The summed E-state index contributed by atoms with van der Waals surface area (Å²) in [7, 11) is 1.63. The van der Waals surface area contributed by atoms with Crippen molar-refractivity contribution in [3.63, 3.8) is 0 Å². The summed E-state index contributed by atoms with van der Waals surface area (Å²) < 4.78 is 5.14. The smallest absolute Gasteiger partial charge is 0.275 e. The topological polar surface area (TPSA) is 64.1 Å². The average Bonchev–Trinajstić information content (AvgIpc) is 3.07. The molecule has 6 heteroatoms. The Kier molecular flexibility index (Phi) is 4.34. The fourth-order valence-electron chi connectivity index (χ4n) is 2.04. The van der Waals surface area contributed by atoms with Gasteiger partial charge in [0.25, 0.3) is 5.91 Å². The van der Waals surface area contributed by atoms with Crippen molar-refractivity contribution < 1.29 is 9.53 Å². The number of ether oxygens (including phenoxy) is 1. The number of nitrogens with one attached hydrogen (secondary N) is 1.